The molecule has 0 fully saturated rings. The van der Waals surface area contributed by atoms with E-state index >= 15 is 0 Å². The summed E-state index contributed by atoms with van der Waals surface area (Å²) in [6.07, 6.45) is 1.93. The van der Waals surface area contributed by atoms with Crippen LogP contribution in [0.15, 0.2) is 17.1 Å². The van der Waals surface area contributed by atoms with Crippen LogP contribution in [0.1, 0.15) is 17.5 Å². The van der Waals surface area contributed by atoms with E-state index in [1.54, 1.807) is 21.3 Å². The maximum absolute atomic E-state index is 5.41. The molecule has 0 spiro atoms. The summed E-state index contributed by atoms with van der Waals surface area (Å²) in [6.45, 7) is 3.37. The maximum atomic E-state index is 5.41. The van der Waals surface area contributed by atoms with Crippen molar-refractivity contribution in [3.8, 4) is 11.5 Å². The number of fused-ring (bicyclic) bond motifs is 1. The normalized spacial score (nSPS) is 14.4. The molecule has 2 rings (SSSR count). The first-order chi connectivity index (χ1) is 11.2. The van der Waals surface area contributed by atoms with Crippen molar-refractivity contribution < 1.29 is 14.2 Å². The molecule has 0 bridgehead atoms. The fourth-order valence-electron chi connectivity index (χ4n) is 2.81. The molecule has 0 atom stereocenters. The van der Waals surface area contributed by atoms with Crippen LogP contribution in [0, 0.1) is 0 Å². The van der Waals surface area contributed by atoms with Crippen LogP contribution in [0.5, 0.6) is 11.5 Å². The van der Waals surface area contributed by atoms with Gasteiger partial charge in [0.1, 0.15) is 0 Å². The van der Waals surface area contributed by atoms with E-state index in [0.717, 1.165) is 56.5 Å². The fourth-order valence-corrected chi connectivity index (χ4v) is 2.81. The summed E-state index contributed by atoms with van der Waals surface area (Å²) in [5, 5.41) is 3.40. The summed E-state index contributed by atoms with van der Waals surface area (Å²) >= 11 is 0. The first kappa shape index (κ1) is 17.4. The minimum atomic E-state index is 0.754. The number of nitrogens with zero attached hydrogens (tertiary/aromatic N) is 2. The van der Waals surface area contributed by atoms with Crippen molar-refractivity contribution in [3.63, 3.8) is 0 Å². The number of ether oxygens (including phenoxy) is 3. The third-order valence-corrected chi connectivity index (χ3v) is 4.04. The first-order valence-corrected chi connectivity index (χ1v) is 7.91. The molecule has 0 aromatic heterocycles. The van der Waals surface area contributed by atoms with Gasteiger partial charge in [-0.3, -0.25) is 4.99 Å². The first-order valence-electron chi connectivity index (χ1n) is 7.91. The summed E-state index contributed by atoms with van der Waals surface area (Å²) in [5.41, 5.74) is 2.57. The maximum Gasteiger partial charge on any atom is 0.193 e. The molecule has 23 heavy (non-hydrogen) atoms. The van der Waals surface area contributed by atoms with E-state index < -0.39 is 0 Å². The lowest BCUT2D eigenvalue weighted by Crippen LogP contribution is -2.44. The molecule has 0 saturated heterocycles. The van der Waals surface area contributed by atoms with E-state index in [4.69, 9.17) is 14.2 Å². The lowest BCUT2D eigenvalue weighted by atomic mass is 9.99. The van der Waals surface area contributed by atoms with E-state index in [9.17, 15) is 0 Å². The van der Waals surface area contributed by atoms with E-state index in [1.165, 1.54) is 11.1 Å². The van der Waals surface area contributed by atoms with E-state index in [0.29, 0.717) is 0 Å². The van der Waals surface area contributed by atoms with E-state index in [2.05, 4.69) is 27.3 Å². The van der Waals surface area contributed by atoms with Crippen LogP contribution in [0.3, 0.4) is 0 Å². The minimum Gasteiger partial charge on any atom is -0.493 e. The van der Waals surface area contributed by atoms with Crippen molar-refractivity contribution in [3.05, 3.63) is 23.3 Å². The lowest BCUT2D eigenvalue weighted by Gasteiger charge is -2.32. The molecule has 0 aliphatic carbocycles. The third kappa shape index (κ3) is 4.28. The highest BCUT2D eigenvalue weighted by molar-refractivity contribution is 5.80. The molecule has 6 nitrogen and oxygen atoms in total. The summed E-state index contributed by atoms with van der Waals surface area (Å²) in [7, 11) is 6.88. The second kappa shape index (κ2) is 8.62. The molecular weight excluding hydrogens is 294 g/mol. The molecule has 0 amide bonds. The zero-order valence-electron chi connectivity index (χ0n) is 14.5. The van der Waals surface area contributed by atoms with Crippen LogP contribution in [0.4, 0.5) is 0 Å². The molecule has 1 aromatic carbocycles. The van der Waals surface area contributed by atoms with Crippen LogP contribution >= 0.6 is 0 Å². The van der Waals surface area contributed by atoms with E-state index in [-0.39, 0.29) is 0 Å². The van der Waals surface area contributed by atoms with Crippen molar-refractivity contribution in [2.45, 2.75) is 19.4 Å². The summed E-state index contributed by atoms with van der Waals surface area (Å²) < 4.78 is 15.9. The molecule has 0 saturated carbocycles. The van der Waals surface area contributed by atoms with Gasteiger partial charge in [-0.05, 0) is 36.1 Å². The number of hydrogen-bond acceptors (Lipinski definition) is 4. The minimum absolute atomic E-state index is 0.754. The molecule has 6 heteroatoms. The molecule has 0 radical (unpaired) electrons. The van der Waals surface area contributed by atoms with Gasteiger partial charge in [0.2, 0.25) is 0 Å². The van der Waals surface area contributed by atoms with Gasteiger partial charge in [-0.2, -0.15) is 0 Å². The van der Waals surface area contributed by atoms with Crippen molar-refractivity contribution in [1.82, 2.24) is 10.2 Å². The SMILES string of the molecule is CN=C(NCCCOC)N1CCc2cc(OC)c(OC)cc2C1. The highest BCUT2D eigenvalue weighted by Crippen LogP contribution is 2.33. The van der Waals surface area contributed by atoms with Crippen molar-refractivity contribution in [2.75, 3.05) is 48.1 Å². The quantitative estimate of drug-likeness (QED) is 0.491. The van der Waals surface area contributed by atoms with Crippen LogP contribution in [0.25, 0.3) is 0 Å². The second-order valence-corrected chi connectivity index (χ2v) is 5.47. The van der Waals surface area contributed by atoms with Gasteiger partial charge in [0, 0.05) is 40.4 Å². The van der Waals surface area contributed by atoms with Crippen LogP contribution in [-0.2, 0) is 17.7 Å². The molecule has 1 aliphatic rings. The number of hydrogen-bond donors (Lipinski definition) is 1. The Hall–Kier alpha value is -1.95. The third-order valence-electron chi connectivity index (χ3n) is 4.04. The lowest BCUT2D eigenvalue weighted by molar-refractivity contribution is 0.195. The smallest absolute Gasteiger partial charge is 0.193 e. The highest BCUT2D eigenvalue weighted by Gasteiger charge is 2.21. The highest BCUT2D eigenvalue weighted by atomic mass is 16.5. The Morgan fingerprint density at radius 2 is 1.87 bits per heavy atom. The van der Waals surface area contributed by atoms with Gasteiger partial charge in [0.05, 0.1) is 14.2 Å². The topological polar surface area (TPSA) is 55.3 Å². The Balaban J connectivity index is 2.06. The van der Waals surface area contributed by atoms with Gasteiger partial charge in [-0.25, -0.2) is 0 Å². The van der Waals surface area contributed by atoms with Gasteiger partial charge >= 0.3 is 0 Å². The Kier molecular flexibility index (Phi) is 6.52. The van der Waals surface area contributed by atoms with Gasteiger partial charge in [0.25, 0.3) is 0 Å². The van der Waals surface area contributed by atoms with Crippen molar-refractivity contribution >= 4 is 5.96 Å². The Morgan fingerprint density at radius 3 is 2.48 bits per heavy atom. The van der Waals surface area contributed by atoms with Crippen LogP contribution in [-0.4, -0.2) is 58.9 Å². The Bertz CT molecular complexity index is 546. The van der Waals surface area contributed by atoms with Gasteiger partial charge in [-0.1, -0.05) is 0 Å². The molecule has 1 aliphatic heterocycles. The fraction of sp³-hybridized carbons (Fsp3) is 0.588. The molecule has 1 heterocycles. The average Bonchev–Trinajstić information content (AvgIpc) is 2.60. The van der Waals surface area contributed by atoms with Crippen LogP contribution in [0.2, 0.25) is 0 Å². The Morgan fingerprint density at radius 1 is 1.17 bits per heavy atom. The standard InChI is InChI=1S/C17H27N3O3/c1-18-17(19-7-5-9-21-2)20-8-6-13-10-15(22-3)16(23-4)11-14(13)12-20/h10-11H,5-9,12H2,1-4H3,(H,18,19). The molecule has 1 aromatic rings. The number of nitrogens with one attached hydrogen (secondary N) is 1. The predicted molar refractivity (Wildman–Crippen MR) is 91.5 cm³/mol. The summed E-state index contributed by atoms with van der Waals surface area (Å²) in [5.74, 6) is 2.50. The van der Waals surface area contributed by atoms with E-state index in [1.807, 2.05) is 7.05 Å². The number of guanidine groups is 1. The summed E-state index contributed by atoms with van der Waals surface area (Å²) in [6, 6.07) is 4.15. The van der Waals surface area contributed by atoms with Gasteiger partial charge in [-0.15, -0.1) is 0 Å². The van der Waals surface area contributed by atoms with Gasteiger partial charge < -0.3 is 24.4 Å². The molecule has 0 unspecified atom stereocenters. The molecule has 1 N–H and O–H groups in total. The number of methoxy groups -OCH3 is 3. The zero-order chi connectivity index (χ0) is 16.7. The number of rotatable bonds is 6. The number of aliphatic imine (C=N–C) groups is 1. The largest absolute Gasteiger partial charge is 0.493 e. The number of benzene rings is 1. The predicted octanol–water partition coefficient (Wildman–Crippen LogP) is 1.67. The van der Waals surface area contributed by atoms with Crippen molar-refractivity contribution in [1.29, 1.82) is 0 Å². The average molecular weight is 321 g/mol. The van der Waals surface area contributed by atoms with Crippen LogP contribution < -0.4 is 14.8 Å². The molecule has 128 valence electrons. The monoisotopic (exact) mass is 321 g/mol. The molecular formula is C17H27N3O3. The zero-order valence-corrected chi connectivity index (χ0v) is 14.5. The summed E-state index contributed by atoms with van der Waals surface area (Å²) in [4.78, 5) is 6.66. The second-order valence-electron chi connectivity index (χ2n) is 5.47. The van der Waals surface area contributed by atoms with Crippen molar-refractivity contribution in [2.24, 2.45) is 4.99 Å². The Labute approximate surface area is 138 Å². The van der Waals surface area contributed by atoms with Gasteiger partial charge in [0.15, 0.2) is 17.5 Å².